The zero-order chi connectivity index (χ0) is 17.3. The van der Waals surface area contributed by atoms with Crippen LogP contribution >= 0.6 is 0 Å². The molecule has 0 spiro atoms. The van der Waals surface area contributed by atoms with Gasteiger partial charge < -0.3 is 20.1 Å². The molecular formula is C20H24N2O3. The van der Waals surface area contributed by atoms with E-state index in [0.29, 0.717) is 26.3 Å². The van der Waals surface area contributed by atoms with Crippen LogP contribution in [-0.4, -0.2) is 25.8 Å². The van der Waals surface area contributed by atoms with Gasteiger partial charge in [0.1, 0.15) is 13.2 Å². The van der Waals surface area contributed by atoms with Gasteiger partial charge in [-0.05, 0) is 42.5 Å². The molecule has 0 unspecified atom stereocenters. The Balaban J connectivity index is 1.30. The predicted octanol–water partition coefficient (Wildman–Crippen LogP) is 3.28. The minimum Gasteiger partial charge on any atom is -0.486 e. The molecule has 0 radical (unpaired) electrons. The van der Waals surface area contributed by atoms with Gasteiger partial charge in [0.15, 0.2) is 11.5 Å². The van der Waals surface area contributed by atoms with Crippen molar-refractivity contribution >= 4 is 6.03 Å². The minimum atomic E-state index is -0.122. The van der Waals surface area contributed by atoms with E-state index >= 15 is 0 Å². The number of nitrogens with one attached hydrogen (secondary N) is 2. The maximum absolute atomic E-state index is 11.8. The van der Waals surface area contributed by atoms with Crippen molar-refractivity contribution in [3.05, 3.63) is 59.7 Å². The van der Waals surface area contributed by atoms with Crippen molar-refractivity contribution in [2.45, 2.75) is 25.8 Å². The molecule has 0 bridgehead atoms. The van der Waals surface area contributed by atoms with Gasteiger partial charge in [-0.2, -0.15) is 0 Å². The summed E-state index contributed by atoms with van der Waals surface area (Å²) in [5, 5.41) is 5.76. The SMILES string of the molecule is O=C(NCCCCc1ccc2c(c1)OCCO2)NCc1ccccc1. The van der Waals surface area contributed by atoms with Crippen molar-refractivity contribution in [3.8, 4) is 11.5 Å². The van der Waals surface area contributed by atoms with Gasteiger partial charge in [-0.25, -0.2) is 4.79 Å². The van der Waals surface area contributed by atoms with Crippen LogP contribution in [0.1, 0.15) is 24.0 Å². The fourth-order valence-electron chi connectivity index (χ4n) is 2.74. The molecule has 0 atom stereocenters. The van der Waals surface area contributed by atoms with E-state index in [-0.39, 0.29) is 6.03 Å². The number of urea groups is 1. The highest BCUT2D eigenvalue weighted by molar-refractivity contribution is 5.73. The molecule has 3 rings (SSSR count). The van der Waals surface area contributed by atoms with Crippen LogP contribution in [0.3, 0.4) is 0 Å². The summed E-state index contributed by atoms with van der Waals surface area (Å²) < 4.78 is 11.1. The molecule has 132 valence electrons. The van der Waals surface area contributed by atoms with Crippen LogP contribution < -0.4 is 20.1 Å². The van der Waals surface area contributed by atoms with Crippen LogP contribution in [0.5, 0.6) is 11.5 Å². The second-order valence-electron chi connectivity index (χ2n) is 6.03. The number of hydrogen-bond acceptors (Lipinski definition) is 3. The third kappa shape index (κ3) is 5.41. The van der Waals surface area contributed by atoms with Crippen molar-refractivity contribution < 1.29 is 14.3 Å². The molecule has 0 fully saturated rings. The van der Waals surface area contributed by atoms with Gasteiger partial charge in [-0.15, -0.1) is 0 Å². The van der Waals surface area contributed by atoms with Crippen molar-refractivity contribution in [1.29, 1.82) is 0 Å². The highest BCUT2D eigenvalue weighted by Crippen LogP contribution is 2.31. The van der Waals surface area contributed by atoms with E-state index in [1.807, 2.05) is 36.4 Å². The Labute approximate surface area is 148 Å². The van der Waals surface area contributed by atoms with E-state index in [2.05, 4.69) is 22.8 Å². The third-order valence-corrected chi connectivity index (χ3v) is 4.08. The van der Waals surface area contributed by atoms with Gasteiger partial charge in [0.2, 0.25) is 0 Å². The highest BCUT2D eigenvalue weighted by atomic mass is 16.6. The molecule has 2 N–H and O–H groups in total. The predicted molar refractivity (Wildman–Crippen MR) is 97.1 cm³/mol. The van der Waals surface area contributed by atoms with Crippen LogP contribution in [-0.2, 0) is 13.0 Å². The second-order valence-corrected chi connectivity index (χ2v) is 6.03. The summed E-state index contributed by atoms with van der Waals surface area (Å²) in [5.74, 6) is 1.66. The number of fused-ring (bicyclic) bond motifs is 1. The molecule has 0 aromatic heterocycles. The smallest absolute Gasteiger partial charge is 0.315 e. The molecular weight excluding hydrogens is 316 g/mol. The van der Waals surface area contributed by atoms with Gasteiger partial charge in [-0.3, -0.25) is 0 Å². The van der Waals surface area contributed by atoms with E-state index in [1.54, 1.807) is 0 Å². The quantitative estimate of drug-likeness (QED) is 0.761. The lowest BCUT2D eigenvalue weighted by Gasteiger charge is -2.18. The summed E-state index contributed by atoms with van der Waals surface area (Å²) in [6.45, 7) is 2.44. The van der Waals surface area contributed by atoms with Crippen molar-refractivity contribution in [2.24, 2.45) is 0 Å². The number of carbonyl (C=O) groups excluding carboxylic acids is 1. The van der Waals surface area contributed by atoms with E-state index in [1.165, 1.54) is 5.56 Å². The lowest BCUT2D eigenvalue weighted by molar-refractivity contribution is 0.171. The number of rotatable bonds is 7. The van der Waals surface area contributed by atoms with Crippen LogP contribution in [0.4, 0.5) is 4.79 Å². The summed E-state index contributed by atoms with van der Waals surface area (Å²) >= 11 is 0. The average Bonchev–Trinajstić information content (AvgIpc) is 2.67. The van der Waals surface area contributed by atoms with Crippen molar-refractivity contribution in [1.82, 2.24) is 10.6 Å². The van der Waals surface area contributed by atoms with E-state index in [4.69, 9.17) is 9.47 Å². The zero-order valence-corrected chi connectivity index (χ0v) is 14.3. The molecule has 2 aromatic rings. The van der Waals surface area contributed by atoms with Gasteiger partial charge in [0, 0.05) is 13.1 Å². The normalized spacial score (nSPS) is 12.5. The first-order valence-electron chi connectivity index (χ1n) is 8.75. The fraction of sp³-hybridized carbons (Fsp3) is 0.350. The van der Waals surface area contributed by atoms with E-state index in [0.717, 1.165) is 36.3 Å². The maximum atomic E-state index is 11.8. The van der Waals surface area contributed by atoms with Crippen molar-refractivity contribution in [3.63, 3.8) is 0 Å². The second kappa shape index (κ2) is 8.97. The number of benzene rings is 2. The lowest BCUT2D eigenvalue weighted by atomic mass is 10.1. The number of ether oxygens (including phenoxy) is 2. The molecule has 0 saturated carbocycles. The number of aryl methyl sites for hydroxylation is 1. The number of carbonyl (C=O) groups is 1. The first-order valence-corrected chi connectivity index (χ1v) is 8.75. The molecule has 2 aromatic carbocycles. The number of unbranched alkanes of at least 4 members (excludes halogenated alkanes) is 1. The maximum Gasteiger partial charge on any atom is 0.315 e. The molecule has 1 heterocycles. The Hall–Kier alpha value is -2.69. The third-order valence-electron chi connectivity index (χ3n) is 4.08. The molecule has 5 heteroatoms. The Morgan fingerprint density at radius 1 is 0.880 bits per heavy atom. The molecule has 5 nitrogen and oxygen atoms in total. The fourth-order valence-corrected chi connectivity index (χ4v) is 2.74. The summed E-state index contributed by atoms with van der Waals surface area (Å²) in [6.07, 6.45) is 2.91. The van der Waals surface area contributed by atoms with Crippen LogP contribution in [0, 0.1) is 0 Å². The molecule has 1 aliphatic rings. The van der Waals surface area contributed by atoms with E-state index in [9.17, 15) is 4.79 Å². The van der Waals surface area contributed by atoms with Gasteiger partial charge in [-0.1, -0.05) is 36.4 Å². The van der Waals surface area contributed by atoms with Crippen molar-refractivity contribution in [2.75, 3.05) is 19.8 Å². The lowest BCUT2D eigenvalue weighted by Crippen LogP contribution is -2.35. The van der Waals surface area contributed by atoms with Crippen LogP contribution in [0.2, 0.25) is 0 Å². The zero-order valence-electron chi connectivity index (χ0n) is 14.3. The Bertz CT molecular complexity index is 689. The Morgan fingerprint density at radius 3 is 2.52 bits per heavy atom. The topological polar surface area (TPSA) is 59.6 Å². The van der Waals surface area contributed by atoms with Gasteiger partial charge >= 0.3 is 6.03 Å². The monoisotopic (exact) mass is 340 g/mol. The summed E-state index contributed by atoms with van der Waals surface area (Å²) in [5.41, 5.74) is 2.33. The first-order chi connectivity index (χ1) is 12.3. The number of amides is 2. The molecule has 0 saturated heterocycles. The molecule has 25 heavy (non-hydrogen) atoms. The largest absolute Gasteiger partial charge is 0.486 e. The van der Waals surface area contributed by atoms with E-state index < -0.39 is 0 Å². The summed E-state index contributed by atoms with van der Waals surface area (Å²) in [6, 6.07) is 15.9. The minimum absolute atomic E-state index is 0.122. The first kappa shape index (κ1) is 17.1. The Morgan fingerprint density at radius 2 is 1.68 bits per heavy atom. The molecule has 2 amide bonds. The number of hydrogen-bond donors (Lipinski definition) is 2. The summed E-state index contributed by atoms with van der Waals surface area (Å²) in [7, 11) is 0. The summed E-state index contributed by atoms with van der Waals surface area (Å²) in [4.78, 5) is 11.8. The standard InChI is InChI=1S/C20H24N2O3/c23-20(22-15-17-7-2-1-3-8-17)21-11-5-4-6-16-9-10-18-19(14-16)25-13-12-24-18/h1-3,7-10,14H,4-6,11-13,15H2,(H2,21,22,23). The molecule has 0 aliphatic carbocycles. The highest BCUT2D eigenvalue weighted by Gasteiger charge is 2.11. The van der Waals surface area contributed by atoms with Gasteiger partial charge in [0.25, 0.3) is 0 Å². The van der Waals surface area contributed by atoms with Gasteiger partial charge in [0.05, 0.1) is 0 Å². The van der Waals surface area contributed by atoms with Crippen LogP contribution in [0.25, 0.3) is 0 Å². The van der Waals surface area contributed by atoms with Crippen LogP contribution in [0.15, 0.2) is 48.5 Å². The molecule has 1 aliphatic heterocycles. The Kier molecular flexibility index (Phi) is 6.15. The average molecular weight is 340 g/mol.